The average Bonchev–Trinajstić information content (AvgIpc) is 2.98. The number of H-pyrrole nitrogens is 1. The van der Waals surface area contributed by atoms with Crippen molar-refractivity contribution in [3.05, 3.63) is 10.5 Å². The summed E-state index contributed by atoms with van der Waals surface area (Å²) in [7, 11) is 0. The van der Waals surface area contributed by atoms with E-state index in [4.69, 9.17) is 12.2 Å². The number of aromatic nitrogens is 4. The van der Waals surface area contributed by atoms with Gasteiger partial charge < -0.3 is 9.55 Å². The fraction of sp³-hybridized carbons (Fsp3) is 0.692. The molecule has 5 heteroatoms. The molecule has 0 spiro atoms. The Morgan fingerprint density at radius 1 is 1.39 bits per heavy atom. The van der Waals surface area contributed by atoms with E-state index in [2.05, 4.69) is 33.2 Å². The summed E-state index contributed by atoms with van der Waals surface area (Å²) in [4.78, 5) is 3.32. The van der Waals surface area contributed by atoms with Gasteiger partial charge in [-0.05, 0) is 50.7 Å². The Hall–Kier alpha value is -1.10. The third-order valence-electron chi connectivity index (χ3n) is 4.33. The molecule has 1 saturated carbocycles. The highest BCUT2D eigenvalue weighted by molar-refractivity contribution is 7.71. The van der Waals surface area contributed by atoms with Gasteiger partial charge in [0.05, 0.1) is 5.69 Å². The van der Waals surface area contributed by atoms with Crippen LogP contribution in [0.2, 0.25) is 0 Å². The summed E-state index contributed by atoms with van der Waals surface area (Å²) in [6, 6.07) is 0. The van der Waals surface area contributed by atoms with E-state index < -0.39 is 0 Å². The fourth-order valence-electron chi connectivity index (χ4n) is 2.76. The van der Waals surface area contributed by atoms with Crippen LogP contribution in [0.4, 0.5) is 0 Å². The van der Waals surface area contributed by atoms with Crippen molar-refractivity contribution in [3.63, 3.8) is 0 Å². The molecule has 1 fully saturated rings. The molecule has 2 aromatic rings. The molecule has 1 aliphatic carbocycles. The summed E-state index contributed by atoms with van der Waals surface area (Å²) in [6.45, 7) is 8.36. The van der Waals surface area contributed by atoms with E-state index in [0.717, 1.165) is 29.1 Å². The third kappa shape index (κ3) is 1.64. The van der Waals surface area contributed by atoms with Gasteiger partial charge in [-0.1, -0.05) is 6.92 Å². The molecule has 0 unspecified atom stereocenters. The number of hydrogen-bond acceptors (Lipinski definition) is 2. The lowest BCUT2D eigenvalue weighted by molar-refractivity contribution is 0.408. The molecule has 18 heavy (non-hydrogen) atoms. The van der Waals surface area contributed by atoms with Crippen molar-refractivity contribution in [2.24, 2.45) is 5.41 Å². The molecule has 0 aromatic carbocycles. The van der Waals surface area contributed by atoms with Crippen LogP contribution < -0.4 is 0 Å². The van der Waals surface area contributed by atoms with E-state index in [-0.39, 0.29) is 0 Å². The van der Waals surface area contributed by atoms with Gasteiger partial charge in [-0.25, -0.2) is 4.68 Å². The van der Waals surface area contributed by atoms with Crippen molar-refractivity contribution in [2.75, 3.05) is 0 Å². The number of rotatable bonds is 4. The first-order valence-corrected chi connectivity index (χ1v) is 7.17. The molecule has 0 amide bonds. The molecule has 2 heterocycles. The summed E-state index contributed by atoms with van der Waals surface area (Å²) in [5, 5.41) is 4.56. The average molecular weight is 264 g/mol. The van der Waals surface area contributed by atoms with Gasteiger partial charge in [0.2, 0.25) is 0 Å². The van der Waals surface area contributed by atoms with Gasteiger partial charge in [0.25, 0.3) is 0 Å². The quantitative estimate of drug-likeness (QED) is 0.859. The summed E-state index contributed by atoms with van der Waals surface area (Å²) >= 11 is 5.48. The highest BCUT2D eigenvalue weighted by Gasteiger charge is 2.41. The van der Waals surface area contributed by atoms with Gasteiger partial charge in [0, 0.05) is 13.1 Å². The van der Waals surface area contributed by atoms with E-state index >= 15 is 0 Å². The van der Waals surface area contributed by atoms with E-state index in [0.29, 0.717) is 5.41 Å². The summed E-state index contributed by atoms with van der Waals surface area (Å²) in [6.07, 6.45) is 3.90. The minimum absolute atomic E-state index is 0.490. The van der Waals surface area contributed by atoms with Gasteiger partial charge in [-0.15, -0.1) is 0 Å². The lowest BCUT2D eigenvalue weighted by atomic mass is 10.0. The van der Waals surface area contributed by atoms with Crippen LogP contribution in [-0.4, -0.2) is 19.3 Å². The molecule has 4 nitrogen and oxygen atoms in total. The molecule has 2 aromatic heterocycles. The van der Waals surface area contributed by atoms with Crippen molar-refractivity contribution < 1.29 is 0 Å². The van der Waals surface area contributed by atoms with E-state index in [1.165, 1.54) is 24.9 Å². The number of nitrogens with one attached hydrogen (secondary N) is 1. The zero-order valence-corrected chi connectivity index (χ0v) is 12.1. The highest BCUT2D eigenvalue weighted by Crippen LogP contribution is 2.50. The van der Waals surface area contributed by atoms with Crippen molar-refractivity contribution in [3.8, 4) is 0 Å². The molecule has 3 rings (SSSR count). The summed E-state index contributed by atoms with van der Waals surface area (Å²) in [5.41, 5.74) is 3.80. The number of nitrogens with zero attached hydrogens (tertiary/aromatic N) is 3. The monoisotopic (exact) mass is 264 g/mol. The second kappa shape index (κ2) is 3.95. The zero-order chi connectivity index (χ0) is 12.9. The maximum Gasteiger partial charge on any atom is 0.179 e. The number of aromatic amines is 1. The number of fused-ring (bicyclic) bond motifs is 1. The first-order chi connectivity index (χ1) is 8.60. The van der Waals surface area contributed by atoms with Crippen LogP contribution in [0.15, 0.2) is 0 Å². The summed E-state index contributed by atoms with van der Waals surface area (Å²) in [5.74, 6) is 0. The maximum absolute atomic E-state index is 5.48. The lowest BCUT2D eigenvalue weighted by Crippen LogP contribution is -2.13. The predicted molar refractivity (Wildman–Crippen MR) is 75.3 cm³/mol. The van der Waals surface area contributed by atoms with Crippen LogP contribution in [0.5, 0.6) is 0 Å². The third-order valence-corrected chi connectivity index (χ3v) is 4.66. The van der Waals surface area contributed by atoms with E-state index in [9.17, 15) is 0 Å². The zero-order valence-electron chi connectivity index (χ0n) is 11.3. The Kier molecular flexibility index (Phi) is 2.62. The first-order valence-electron chi connectivity index (χ1n) is 6.76. The van der Waals surface area contributed by atoms with E-state index in [1.54, 1.807) is 0 Å². The van der Waals surface area contributed by atoms with Gasteiger partial charge in [-0.3, -0.25) is 0 Å². The molecule has 0 saturated heterocycles. The number of imidazole rings is 1. The molecule has 0 radical (unpaired) electrons. The topological polar surface area (TPSA) is 38.5 Å². The molecule has 0 aliphatic heterocycles. The van der Waals surface area contributed by atoms with Crippen molar-refractivity contribution >= 4 is 23.4 Å². The van der Waals surface area contributed by atoms with Crippen molar-refractivity contribution in [1.29, 1.82) is 0 Å². The Bertz CT molecular complexity index is 642. The molecule has 98 valence electrons. The van der Waals surface area contributed by atoms with Crippen LogP contribution in [0.1, 0.15) is 38.8 Å². The maximum atomic E-state index is 5.48. The number of hydrogen-bond donors (Lipinski definition) is 1. The molecular formula is C13H20N4S. The Morgan fingerprint density at radius 2 is 2.11 bits per heavy atom. The molecule has 1 N–H and O–H groups in total. The number of aryl methyl sites for hydroxylation is 2. The van der Waals surface area contributed by atoms with Crippen LogP contribution >= 0.6 is 12.2 Å². The predicted octanol–water partition coefficient (Wildman–Crippen LogP) is 3.41. The van der Waals surface area contributed by atoms with Crippen LogP contribution in [0.25, 0.3) is 11.2 Å². The molecule has 1 aliphatic rings. The Balaban J connectivity index is 2.15. The van der Waals surface area contributed by atoms with Gasteiger partial charge >= 0.3 is 0 Å². The Labute approximate surface area is 112 Å². The minimum Gasteiger partial charge on any atom is -0.328 e. The lowest BCUT2D eigenvalue weighted by Gasteiger charge is -2.14. The first kappa shape index (κ1) is 12.0. The van der Waals surface area contributed by atoms with Crippen molar-refractivity contribution in [1.82, 2.24) is 19.3 Å². The second-order valence-electron chi connectivity index (χ2n) is 5.47. The van der Waals surface area contributed by atoms with Gasteiger partial charge in [-0.2, -0.15) is 5.10 Å². The summed E-state index contributed by atoms with van der Waals surface area (Å²) < 4.78 is 5.15. The fourth-order valence-corrected chi connectivity index (χ4v) is 3.02. The molecule has 0 bridgehead atoms. The smallest absolute Gasteiger partial charge is 0.179 e. The molecular weight excluding hydrogens is 244 g/mol. The van der Waals surface area contributed by atoms with Gasteiger partial charge in [0.1, 0.15) is 5.52 Å². The second-order valence-corrected chi connectivity index (χ2v) is 5.86. The van der Waals surface area contributed by atoms with Crippen LogP contribution in [-0.2, 0) is 13.1 Å². The highest BCUT2D eigenvalue weighted by atomic mass is 32.1. The largest absolute Gasteiger partial charge is 0.328 e. The van der Waals surface area contributed by atoms with Gasteiger partial charge in [0.15, 0.2) is 10.4 Å². The normalized spacial score (nSPS) is 17.5. The molecule has 0 atom stereocenters. The standard InChI is InChI=1S/C13H20N4S/c1-4-13(6-7-13)8-16-11-10(14-12(16)18)9(3)15-17(11)5-2/h4-8H2,1-3H3,(H,14,18). The van der Waals surface area contributed by atoms with Crippen LogP contribution in [0.3, 0.4) is 0 Å². The Morgan fingerprint density at radius 3 is 2.67 bits per heavy atom. The van der Waals surface area contributed by atoms with Crippen LogP contribution in [0, 0.1) is 17.1 Å². The SMILES string of the molecule is CCn1nc(C)c2[nH]c(=S)n(CC3(CC)CC3)c21. The van der Waals surface area contributed by atoms with E-state index in [1.807, 2.05) is 6.92 Å². The minimum atomic E-state index is 0.490. The van der Waals surface area contributed by atoms with Crippen molar-refractivity contribution in [2.45, 2.75) is 53.1 Å².